The molecule has 0 saturated heterocycles. The summed E-state index contributed by atoms with van der Waals surface area (Å²) < 4.78 is 5.05. The molecule has 0 heterocycles. The Morgan fingerprint density at radius 2 is 1.59 bits per heavy atom. The molecule has 0 unspecified atom stereocenters. The van der Waals surface area contributed by atoms with Gasteiger partial charge in [0, 0.05) is 12.8 Å². The van der Waals surface area contributed by atoms with Gasteiger partial charge in [-0.25, -0.2) is 0 Å². The number of carboxylic acid groups (broad SMARTS) is 1. The molecule has 0 saturated carbocycles. The van der Waals surface area contributed by atoms with Gasteiger partial charge < -0.3 is 14.9 Å². The van der Waals surface area contributed by atoms with Crippen LogP contribution in [0.15, 0.2) is 18.2 Å². The van der Waals surface area contributed by atoms with Crippen LogP contribution in [0, 0.1) is 0 Å². The van der Waals surface area contributed by atoms with Gasteiger partial charge in [0.2, 0.25) is 0 Å². The number of carbonyl (C=O) groups is 2. The number of ketones is 1. The standard InChI is InChI=1S/C17H24O5/c1-22-13-10-11-16(19)14(12-13)15(18)8-6-4-2-3-5-7-9-17(20)21/h10-12,19H,2-9H2,1H3,(H,20,21). The first kappa shape index (κ1) is 18.0. The maximum absolute atomic E-state index is 12.1. The fourth-order valence-corrected chi connectivity index (χ4v) is 2.27. The zero-order chi connectivity index (χ0) is 16.4. The van der Waals surface area contributed by atoms with Gasteiger partial charge in [0.25, 0.3) is 0 Å². The highest BCUT2D eigenvalue weighted by Crippen LogP contribution is 2.24. The van der Waals surface area contributed by atoms with Crippen molar-refractivity contribution in [2.75, 3.05) is 7.11 Å². The van der Waals surface area contributed by atoms with E-state index in [-0.39, 0.29) is 18.0 Å². The highest BCUT2D eigenvalue weighted by molar-refractivity contribution is 5.98. The Morgan fingerprint density at radius 1 is 1.00 bits per heavy atom. The molecule has 5 heteroatoms. The number of carbonyl (C=O) groups excluding carboxylic acids is 1. The Hall–Kier alpha value is -2.04. The van der Waals surface area contributed by atoms with Crippen molar-refractivity contribution in [3.05, 3.63) is 23.8 Å². The summed E-state index contributed by atoms with van der Waals surface area (Å²) in [6, 6.07) is 4.64. The molecule has 0 aliphatic carbocycles. The second kappa shape index (κ2) is 9.82. The molecule has 0 spiro atoms. The molecule has 1 aromatic rings. The van der Waals surface area contributed by atoms with Crippen molar-refractivity contribution in [3.8, 4) is 11.5 Å². The molecule has 0 fully saturated rings. The lowest BCUT2D eigenvalue weighted by molar-refractivity contribution is -0.137. The SMILES string of the molecule is COc1ccc(O)c(C(=O)CCCCCCCCC(=O)O)c1. The van der Waals surface area contributed by atoms with Gasteiger partial charge in [-0.2, -0.15) is 0 Å². The van der Waals surface area contributed by atoms with Gasteiger partial charge in [-0.3, -0.25) is 9.59 Å². The maximum atomic E-state index is 12.1. The van der Waals surface area contributed by atoms with E-state index < -0.39 is 5.97 Å². The lowest BCUT2D eigenvalue weighted by Gasteiger charge is -2.06. The van der Waals surface area contributed by atoms with Crippen LogP contribution < -0.4 is 4.74 Å². The number of rotatable bonds is 11. The number of methoxy groups -OCH3 is 1. The Labute approximate surface area is 130 Å². The first-order valence-electron chi connectivity index (χ1n) is 7.66. The highest BCUT2D eigenvalue weighted by Gasteiger charge is 2.12. The van der Waals surface area contributed by atoms with Crippen molar-refractivity contribution in [2.45, 2.75) is 51.4 Å². The number of hydrogen-bond donors (Lipinski definition) is 2. The average molecular weight is 308 g/mol. The van der Waals surface area contributed by atoms with Crippen LogP contribution in [0.25, 0.3) is 0 Å². The minimum absolute atomic E-state index is 0.0144. The van der Waals surface area contributed by atoms with Crippen molar-refractivity contribution in [2.24, 2.45) is 0 Å². The maximum Gasteiger partial charge on any atom is 0.303 e. The van der Waals surface area contributed by atoms with Crippen LogP contribution in [0.1, 0.15) is 61.7 Å². The summed E-state index contributed by atoms with van der Waals surface area (Å²) in [5.41, 5.74) is 0.306. The first-order valence-corrected chi connectivity index (χ1v) is 7.66. The van der Waals surface area contributed by atoms with Crippen molar-refractivity contribution < 1.29 is 24.5 Å². The number of hydrogen-bond acceptors (Lipinski definition) is 4. The predicted molar refractivity (Wildman–Crippen MR) is 83.6 cm³/mol. The lowest BCUT2D eigenvalue weighted by Crippen LogP contribution is -2.00. The van der Waals surface area contributed by atoms with E-state index >= 15 is 0 Å². The number of benzene rings is 1. The summed E-state index contributed by atoms with van der Waals surface area (Å²) in [4.78, 5) is 22.4. The predicted octanol–water partition coefficient (Wildman–Crippen LogP) is 3.79. The van der Waals surface area contributed by atoms with E-state index in [9.17, 15) is 14.7 Å². The van der Waals surface area contributed by atoms with E-state index in [0.717, 1.165) is 32.1 Å². The molecule has 2 N–H and O–H groups in total. The zero-order valence-corrected chi connectivity index (χ0v) is 13.0. The minimum atomic E-state index is -0.747. The molecule has 0 bridgehead atoms. The van der Waals surface area contributed by atoms with Crippen LogP contribution in [0.2, 0.25) is 0 Å². The minimum Gasteiger partial charge on any atom is -0.507 e. The molecule has 122 valence electrons. The molecule has 0 aliphatic heterocycles. The van der Waals surface area contributed by atoms with Crippen LogP contribution >= 0.6 is 0 Å². The fraction of sp³-hybridized carbons (Fsp3) is 0.529. The number of carboxylic acids is 1. The van der Waals surface area contributed by atoms with E-state index in [4.69, 9.17) is 9.84 Å². The third-order valence-electron chi connectivity index (χ3n) is 3.55. The number of aromatic hydroxyl groups is 1. The zero-order valence-electron chi connectivity index (χ0n) is 13.0. The topological polar surface area (TPSA) is 83.8 Å². The molecule has 1 rings (SSSR count). The summed E-state index contributed by atoms with van der Waals surface area (Å²) in [5, 5.41) is 18.2. The van der Waals surface area contributed by atoms with E-state index in [1.165, 1.54) is 13.2 Å². The van der Waals surface area contributed by atoms with Gasteiger partial charge in [-0.05, 0) is 31.0 Å². The second-order valence-corrected chi connectivity index (χ2v) is 5.32. The number of unbranched alkanes of at least 4 members (excludes halogenated alkanes) is 5. The molecule has 1 aromatic carbocycles. The van der Waals surface area contributed by atoms with E-state index in [0.29, 0.717) is 24.2 Å². The molecular weight excluding hydrogens is 284 g/mol. The van der Waals surface area contributed by atoms with Crippen LogP contribution in [0.5, 0.6) is 11.5 Å². The van der Waals surface area contributed by atoms with Gasteiger partial charge in [-0.1, -0.05) is 25.7 Å². The number of ether oxygens (including phenoxy) is 1. The Bertz CT molecular complexity index is 496. The summed E-state index contributed by atoms with van der Waals surface area (Å²) >= 11 is 0. The average Bonchev–Trinajstić information content (AvgIpc) is 2.49. The molecule has 0 radical (unpaired) electrons. The Morgan fingerprint density at radius 3 is 2.18 bits per heavy atom. The molecule has 0 atom stereocenters. The van der Waals surface area contributed by atoms with E-state index in [2.05, 4.69) is 0 Å². The van der Waals surface area contributed by atoms with Gasteiger partial charge in [0.05, 0.1) is 12.7 Å². The van der Waals surface area contributed by atoms with E-state index in [1.54, 1.807) is 12.1 Å². The Balaban J connectivity index is 2.22. The number of phenolic OH excluding ortho intramolecular Hbond substituents is 1. The summed E-state index contributed by atoms with van der Waals surface area (Å²) in [5.74, 6) is -0.287. The van der Waals surface area contributed by atoms with Gasteiger partial charge >= 0.3 is 5.97 Å². The van der Waals surface area contributed by atoms with Crippen molar-refractivity contribution in [3.63, 3.8) is 0 Å². The van der Waals surface area contributed by atoms with Gasteiger partial charge in [-0.15, -0.1) is 0 Å². The van der Waals surface area contributed by atoms with Gasteiger partial charge in [0.1, 0.15) is 11.5 Å². The third-order valence-corrected chi connectivity index (χ3v) is 3.55. The first-order chi connectivity index (χ1) is 10.5. The second-order valence-electron chi connectivity index (χ2n) is 5.32. The Kier molecular flexibility index (Phi) is 8.04. The quantitative estimate of drug-likeness (QED) is 0.480. The van der Waals surface area contributed by atoms with Crippen molar-refractivity contribution >= 4 is 11.8 Å². The normalized spacial score (nSPS) is 10.4. The summed E-state index contributed by atoms with van der Waals surface area (Å²) in [7, 11) is 1.52. The lowest BCUT2D eigenvalue weighted by atomic mass is 10.0. The highest BCUT2D eigenvalue weighted by atomic mass is 16.5. The number of aliphatic carboxylic acids is 1. The van der Waals surface area contributed by atoms with Crippen LogP contribution in [0.3, 0.4) is 0 Å². The summed E-state index contributed by atoms with van der Waals surface area (Å²) in [6.07, 6.45) is 5.95. The molecule has 0 aromatic heterocycles. The fourth-order valence-electron chi connectivity index (χ4n) is 2.27. The molecule has 0 aliphatic rings. The molecule has 22 heavy (non-hydrogen) atoms. The smallest absolute Gasteiger partial charge is 0.303 e. The summed E-state index contributed by atoms with van der Waals surface area (Å²) in [6.45, 7) is 0. The molecule has 0 amide bonds. The largest absolute Gasteiger partial charge is 0.507 e. The monoisotopic (exact) mass is 308 g/mol. The van der Waals surface area contributed by atoms with Gasteiger partial charge in [0.15, 0.2) is 5.78 Å². The number of Topliss-reactive ketones (excluding diaryl/α,β-unsaturated/α-hetero) is 1. The molecule has 5 nitrogen and oxygen atoms in total. The van der Waals surface area contributed by atoms with E-state index in [1.807, 2.05) is 0 Å². The van der Waals surface area contributed by atoms with Crippen molar-refractivity contribution in [1.82, 2.24) is 0 Å². The van der Waals surface area contributed by atoms with Crippen LogP contribution in [0.4, 0.5) is 0 Å². The molecular formula is C17H24O5. The van der Waals surface area contributed by atoms with Crippen LogP contribution in [-0.2, 0) is 4.79 Å². The van der Waals surface area contributed by atoms with Crippen molar-refractivity contribution in [1.29, 1.82) is 0 Å². The third kappa shape index (κ3) is 6.61. The number of phenols is 1. The van der Waals surface area contributed by atoms with Crippen LogP contribution in [-0.4, -0.2) is 29.1 Å².